The predicted molar refractivity (Wildman–Crippen MR) is 83.4 cm³/mol. The van der Waals surface area contributed by atoms with E-state index in [-0.39, 0.29) is 5.38 Å². The molecule has 0 aliphatic rings. The Labute approximate surface area is 128 Å². The molecule has 0 fully saturated rings. The Kier molecular flexibility index (Phi) is 3.68. The number of nitrogens with zero attached hydrogens (tertiary/aromatic N) is 5. The highest BCUT2D eigenvalue weighted by atomic mass is 35.5. The summed E-state index contributed by atoms with van der Waals surface area (Å²) in [5.74, 6) is 0.869. The number of halogens is 1. The Morgan fingerprint density at radius 1 is 1.33 bits per heavy atom. The molecule has 0 radical (unpaired) electrons. The minimum Gasteiger partial charge on any atom is -0.311 e. The monoisotopic (exact) mass is 303 g/mol. The van der Waals surface area contributed by atoms with Gasteiger partial charge >= 0.3 is 0 Å². The molecule has 0 saturated heterocycles. The first-order valence-electron chi connectivity index (χ1n) is 6.99. The van der Waals surface area contributed by atoms with Crippen molar-refractivity contribution in [2.45, 2.75) is 32.2 Å². The summed E-state index contributed by atoms with van der Waals surface area (Å²) in [5, 5.41) is 4.05. The van der Waals surface area contributed by atoms with E-state index >= 15 is 0 Å². The minimum absolute atomic E-state index is 0.145. The first-order chi connectivity index (χ1) is 10.0. The van der Waals surface area contributed by atoms with Gasteiger partial charge in [-0.05, 0) is 37.5 Å². The van der Waals surface area contributed by atoms with Crippen LogP contribution in [-0.4, -0.2) is 24.3 Å². The van der Waals surface area contributed by atoms with Gasteiger partial charge in [-0.2, -0.15) is 5.10 Å². The van der Waals surface area contributed by atoms with Gasteiger partial charge in [-0.1, -0.05) is 0 Å². The molecule has 0 amide bonds. The van der Waals surface area contributed by atoms with Crippen LogP contribution in [0.3, 0.4) is 0 Å². The lowest BCUT2D eigenvalue weighted by molar-refractivity contribution is 0.662. The van der Waals surface area contributed by atoms with Crippen molar-refractivity contribution in [2.75, 3.05) is 0 Å². The first kappa shape index (κ1) is 14.1. The number of hydrogen-bond acceptors (Lipinski definition) is 3. The van der Waals surface area contributed by atoms with Crippen LogP contribution in [0.4, 0.5) is 0 Å². The van der Waals surface area contributed by atoms with Gasteiger partial charge in [-0.25, -0.2) is 9.97 Å². The Balaban J connectivity index is 1.97. The van der Waals surface area contributed by atoms with Crippen molar-refractivity contribution in [2.24, 2.45) is 7.05 Å². The summed E-state index contributed by atoms with van der Waals surface area (Å²) in [4.78, 5) is 9.16. The first-order valence-corrected chi connectivity index (χ1v) is 7.42. The van der Waals surface area contributed by atoms with Crippen molar-refractivity contribution in [1.29, 1.82) is 0 Å². The van der Waals surface area contributed by atoms with Crippen LogP contribution in [0.15, 0.2) is 24.7 Å². The molecule has 0 saturated carbocycles. The van der Waals surface area contributed by atoms with Crippen LogP contribution in [0, 0.1) is 6.92 Å². The number of aromatic nitrogens is 5. The lowest BCUT2D eigenvalue weighted by Crippen LogP contribution is -2.07. The lowest BCUT2D eigenvalue weighted by atomic mass is 10.2. The molecule has 3 aromatic heterocycles. The van der Waals surface area contributed by atoms with E-state index in [1.54, 1.807) is 0 Å². The van der Waals surface area contributed by atoms with Crippen LogP contribution in [0.1, 0.15) is 29.3 Å². The van der Waals surface area contributed by atoms with Crippen LogP contribution in [0.5, 0.6) is 0 Å². The summed E-state index contributed by atoms with van der Waals surface area (Å²) < 4.78 is 3.92. The lowest BCUT2D eigenvalue weighted by Gasteiger charge is -2.09. The highest BCUT2D eigenvalue weighted by molar-refractivity contribution is 6.20. The number of pyridine rings is 1. The molecule has 3 heterocycles. The number of aryl methyl sites for hydroxylation is 4. The second kappa shape index (κ2) is 5.48. The number of rotatable bonds is 4. The molecule has 0 aliphatic carbocycles. The summed E-state index contributed by atoms with van der Waals surface area (Å²) in [5.41, 5.74) is 4.10. The molecule has 3 rings (SSSR count). The second-order valence-electron chi connectivity index (χ2n) is 5.37. The summed E-state index contributed by atoms with van der Waals surface area (Å²) in [6.45, 7) is 4.76. The Bertz CT molecular complexity index is 772. The Hall–Kier alpha value is -1.88. The topological polar surface area (TPSA) is 48.5 Å². The Morgan fingerprint density at radius 2 is 2.14 bits per heavy atom. The zero-order chi connectivity index (χ0) is 15.0. The fraction of sp³-hybridized carbons (Fsp3) is 0.400. The third kappa shape index (κ3) is 2.78. The molecule has 0 aliphatic heterocycles. The van der Waals surface area contributed by atoms with Crippen LogP contribution in [0.25, 0.3) is 11.2 Å². The molecule has 0 spiro atoms. The fourth-order valence-electron chi connectivity index (χ4n) is 2.50. The maximum atomic E-state index is 6.28. The normalized spacial score (nSPS) is 13.0. The van der Waals surface area contributed by atoms with E-state index in [2.05, 4.69) is 19.6 Å². The van der Waals surface area contributed by atoms with Crippen LogP contribution in [0.2, 0.25) is 0 Å². The molecular formula is C15H18ClN5. The van der Waals surface area contributed by atoms with Crippen molar-refractivity contribution in [3.63, 3.8) is 0 Å². The number of hydrogen-bond donors (Lipinski definition) is 0. The molecule has 5 nitrogen and oxygen atoms in total. The summed E-state index contributed by atoms with van der Waals surface area (Å²) in [7, 11) is 1.92. The maximum absolute atomic E-state index is 6.28. The number of alkyl halides is 1. The van der Waals surface area contributed by atoms with E-state index in [1.165, 1.54) is 5.56 Å². The molecule has 1 unspecified atom stereocenters. The van der Waals surface area contributed by atoms with Crippen LogP contribution < -0.4 is 0 Å². The van der Waals surface area contributed by atoms with Gasteiger partial charge in [-0.3, -0.25) is 4.68 Å². The van der Waals surface area contributed by atoms with Crippen molar-refractivity contribution < 1.29 is 0 Å². The average Bonchev–Trinajstić information content (AvgIpc) is 2.99. The fourth-order valence-corrected chi connectivity index (χ4v) is 2.66. The van der Waals surface area contributed by atoms with Gasteiger partial charge in [0.1, 0.15) is 11.3 Å². The number of fused-ring (bicyclic) bond motifs is 1. The van der Waals surface area contributed by atoms with Gasteiger partial charge in [0, 0.05) is 26.0 Å². The van der Waals surface area contributed by atoms with Crippen molar-refractivity contribution >= 4 is 22.8 Å². The smallest absolute Gasteiger partial charge is 0.160 e. The van der Waals surface area contributed by atoms with Crippen LogP contribution >= 0.6 is 11.6 Å². The quantitative estimate of drug-likeness (QED) is 0.696. The summed E-state index contributed by atoms with van der Waals surface area (Å²) in [6, 6.07) is 2.05. The van der Waals surface area contributed by atoms with Crippen molar-refractivity contribution in [1.82, 2.24) is 24.3 Å². The van der Waals surface area contributed by atoms with E-state index in [4.69, 9.17) is 11.6 Å². The van der Waals surface area contributed by atoms with Gasteiger partial charge in [-0.15, -0.1) is 11.6 Å². The highest BCUT2D eigenvalue weighted by Gasteiger charge is 2.16. The van der Waals surface area contributed by atoms with Crippen molar-refractivity contribution in [3.05, 3.63) is 41.6 Å². The van der Waals surface area contributed by atoms with E-state index in [0.717, 1.165) is 35.5 Å². The molecule has 0 aromatic carbocycles. The largest absolute Gasteiger partial charge is 0.311 e. The van der Waals surface area contributed by atoms with E-state index in [9.17, 15) is 0 Å². The molecule has 0 N–H and O–H groups in total. The molecule has 3 aromatic rings. The van der Waals surface area contributed by atoms with E-state index in [1.807, 2.05) is 50.2 Å². The minimum atomic E-state index is -0.145. The Morgan fingerprint density at radius 3 is 2.81 bits per heavy atom. The molecule has 1 atom stereocenters. The zero-order valence-corrected chi connectivity index (χ0v) is 13.2. The molecule has 0 bridgehead atoms. The molecule has 21 heavy (non-hydrogen) atoms. The molecular weight excluding hydrogens is 286 g/mol. The van der Waals surface area contributed by atoms with E-state index < -0.39 is 0 Å². The zero-order valence-electron chi connectivity index (χ0n) is 12.4. The van der Waals surface area contributed by atoms with Gasteiger partial charge in [0.2, 0.25) is 0 Å². The predicted octanol–water partition coefficient (Wildman–Crippen LogP) is 3.02. The standard InChI is InChI=1S/C15H18ClN5/c1-10-6-13-15(17-7-10)21(14(19-13)11(2)16)5-4-12-8-18-20(3)9-12/h6-9,11H,4-5H2,1-3H3. The maximum Gasteiger partial charge on any atom is 0.160 e. The van der Waals surface area contributed by atoms with Gasteiger partial charge in [0.25, 0.3) is 0 Å². The highest BCUT2D eigenvalue weighted by Crippen LogP contribution is 2.24. The molecule has 6 heteroatoms. The van der Waals surface area contributed by atoms with Gasteiger partial charge < -0.3 is 4.57 Å². The van der Waals surface area contributed by atoms with Gasteiger partial charge in [0.05, 0.1) is 11.6 Å². The van der Waals surface area contributed by atoms with Crippen molar-refractivity contribution in [3.8, 4) is 0 Å². The third-order valence-electron chi connectivity index (χ3n) is 3.49. The summed E-state index contributed by atoms with van der Waals surface area (Å²) >= 11 is 6.28. The average molecular weight is 304 g/mol. The second-order valence-corrected chi connectivity index (χ2v) is 6.02. The third-order valence-corrected chi connectivity index (χ3v) is 3.68. The summed E-state index contributed by atoms with van der Waals surface area (Å²) in [6.07, 6.45) is 6.67. The van der Waals surface area contributed by atoms with E-state index in [0.29, 0.717) is 0 Å². The SMILES string of the molecule is Cc1cnc2c(c1)nc(C(C)Cl)n2CCc1cnn(C)c1. The number of imidazole rings is 1. The van der Waals surface area contributed by atoms with Gasteiger partial charge in [0.15, 0.2) is 5.65 Å². The molecule has 110 valence electrons. The van der Waals surface area contributed by atoms with Crippen LogP contribution in [-0.2, 0) is 20.0 Å².